The lowest BCUT2D eigenvalue weighted by atomic mass is 10.1. The quantitative estimate of drug-likeness (QED) is 0.936. The minimum Gasteiger partial charge on any atom is -0.479 e. The standard InChI is InChI=1S/C16H14O5/c1-10(16(17)18)21-13-5-2-11(3-6-13)12-4-7-14-15(8-12)20-9-19-14/h2-8,10H,9H2,1H3,(H,17,18). The lowest BCUT2D eigenvalue weighted by molar-refractivity contribution is -0.144. The van der Waals surface area contributed by atoms with Crippen LogP contribution < -0.4 is 14.2 Å². The molecule has 0 fully saturated rings. The van der Waals surface area contributed by atoms with Gasteiger partial charge in [-0.25, -0.2) is 4.79 Å². The third kappa shape index (κ3) is 2.76. The van der Waals surface area contributed by atoms with E-state index >= 15 is 0 Å². The van der Waals surface area contributed by atoms with Crippen LogP contribution in [-0.2, 0) is 4.79 Å². The maximum Gasteiger partial charge on any atom is 0.344 e. The van der Waals surface area contributed by atoms with Gasteiger partial charge in [-0.1, -0.05) is 18.2 Å². The molecule has 5 nitrogen and oxygen atoms in total. The van der Waals surface area contributed by atoms with Gasteiger partial charge in [0.05, 0.1) is 0 Å². The summed E-state index contributed by atoms with van der Waals surface area (Å²) in [5.74, 6) is 1.01. The Morgan fingerprint density at radius 1 is 1.10 bits per heavy atom. The summed E-state index contributed by atoms with van der Waals surface area (Å²) in [4.78, 5) is 10.7. The van der Waals surface area contributed by atoms with Crippen molar-refractivity contribution in [2.45, 2.75) is 13.0 Å². The van der Waals surface area contributed by atoms with E-state index in [1.54, 1.807) is 12.1 Å². The number of carbonyl (C=O) groups is 1. The van der Waals surface area contributed by atoms with Crippen LogP contribution in [0.25, 0.3) is 11.1 Å². The molecule has 0 spiro atoms. The monoisotopic (exact) mass is 286 g/mol. The van der Waals surface area contributed by atoms with E-state index in [0.29, 0.717) is 5.75 Å². The van der Waals surface area contributed by atoms with Gasteiger partial charge in [-0.2, -0.15) is 0 Å². The first-order valence-electron chi connectivity index (χ1n) is 6.53. The Hall–Kier alpha value is -2.69. The molecule has 0 aliphatic carbocycles. The zero-order chi connectivity index (χ0) is 14.8. The lowest BCUT2D eigenvalue weighted by Gasteiger charge is -2.11. The summed E-state index contributed by atoms with van der Waals surface area (Å²) >= 11 is 0. The van der Waals surface area contributed by atoms with Gasteiger partial charge in [0.25, 0.3) is 0 Å². The minimum atomic E-state index is -0.991. The Morgan fingerprint density at radius 3 is 2.48 bits per heavy atom. The average Bonchev–Trinajstić information content (AvgIpc) is 2.95. The number of fused-ring (bicyclic) bond motifs is 1. The molecule has 2 aromatic carbocycles. The van der Waals surface area contributed by atoms with E-state index in [-0.39, 0.29) is 6.79 Å². The van der Waals surface area contributed by atoms with Crippen LogP contribution in [0.2, 0.25) is 0 Å². The molecule has 0 bridgehead atoms. The molecule has 0 saturated heterocycles. The van der Waals surface area contributed by atoms with Gasteiger partial charge in [0.1, 0.15) is 5.75 Å². The fourth-order valence-corrected chi connectivity index (χ4v) is 2.06. The van der Waals surface area contributed by atoms with E-state index in [1.807, 2.05) is 30.3 Å². The molecule has 0 amide bonds. The van der Waals surface area contributed by atoms with Gasteiger partial charge in [-0.05, 0) is 42.3 Å². The van der Waals surface area contributed by atoms with E-state index in [0.717, 1.165) is 22.6 Å². The fraction of sp³-hybridized carbons (Fsp3) is 0.188. The van der Waals surface area contributed by atoms with Crippen molar-refractivity contribution < 1.29 is 24.1 Å². The van der Waals surface area contributed by atoms with E-state index < -0.39 is 12.1 Å². The van der Waals surface area contributed by atoms with Gasteiger partial charge in [-0.3, -0.25) is 0 Å². The number of ether oxygens (including phenoxy) is 3. The van der Waals surface area contributed by atoms with Gasteiger partial charge in [0.2, 0.25) is 6.79 Å². The molecule has 0 saturated carbocycles. The molecule has 2 aromatic rings. The molecule has 0 aromatic heterocycles. The van der Waals surface area contributed by atoms with Crippen LogP contribution in [0.4, 0.5) is 0 Å². The molecule has 108 valence electrons. The molecule has 1 heterocycles. The van der Waals surface area contributed by atoms with Crippen molar-refractivity contribution in [1.82, 2.24) is 0 Å². The normalized spacial score (nSPS) is 13.8. The van der Waals surface area contributed by atoms with Gasteiger partial charge >= 0.3 is 5.97 Å². The van der Waals surface area contributed by atoms with Crippen LogP contribution >= 0.6 is 0 Å². The van der Waals surface area contributed by atoms with Crippen LogP contribution in [0, 0.1) is 0 Å². The molecule has 21 heavy (non-hydrogen) atoms. The molecule has 5 heteroatoms. The predicted molar refractivity (Wildman–Crippen MR) is 75.7 cm³/mol. The van der Waals surface area contributed by atoms with Crippen molar-refractivity contribution in [3.8, 4) is 28.4 Å². The Kier molecular flexibility index (Phi) is 3.39. The van der Waals surface area contributed by atoms with Crippen molar-refractivity contribution in [1.29, 1.82) is 0 Å². The predicted octanol–water partition coefficient (Wildman–Crippen LogP) is 2.93. The average molecular weight is 286 g/mol. The van der Waals surface area contributed by atoms with Crippen molar-refractivity contribution in [3.63, 3.8) is 0 Å². The van der Waals surface area contributed by atoms with Gasteiger partial charge < -0.3 is 19.3 Å². The Morgan fingerprint density at radius 2 is 1.76 bits per heavy atom. The number of hydrogen-bond acceptors (Lipinski definition) is 4. The second-order valence-corrected chi connectivity index (χ2v) is 4.69. The molecule has 1 unspecified atom stereocenters. The van der Waals surface area contributed by atoms with Gasteiger partial charge in [0.15, 0.2) is 17.6 Å². The molecule has 1 aliphatic heterocycles. The molecular weight excluding hydrogens is 272 g/mol. The highest BCUT2D eigenvalue weighted by atomic mass is 16.7. The molecule has 3 rings (SSSR count). The smallest absolute Gasteiger partial charge is 0.344 e. The van der Waals surface area contributed by atoms with Crippen molar-refractivity contribution >= 4 is 5.97 Å². The SMILES string of the molecule is CC(Oc1ccc(-c2ccc3c(c2)OCO3)cc1)C(=O)O. The number of benzene rings is 2. The number of rotatable bonds is 4. The number of carboxylic acids is 1. The highest BCUT2D eigenvalue weighted by molar-refractivity contribution is 5.72. The van der Waals surface area contributed by atoms with Crippen LogP contribution in [0.5, 0.6) is 17.2 Å². The molecule has 1 aliphatic rings. The van der Waals surface area contributed by atoms with E-state index in [4.69, 9.17) is 19.3 Å². The highest BCUT2D eigenvalue weighted by Crippen LogP contribution is 2.36. The van der Waals surface area contributed by atoms with Crippen LogP contribution in [-0.4, -0.2) is 24.0 Å². The molecule has 0 radical (unpaired) electrons. The summed E-state index contributed by atoms with van der Waals surface area (Å²) in [6.07, 6.45) is -0.874. The van der Waals surface area contributed by atoms with E-state index in [1.165, 1.54) is 6.92 Å². The summed E-state index contributed by atoms with van der Waals surface area (Å²) < 4.78 is 15.9. The van der Waals surface area contributed by atoms with Crippen molar-refractivity contribution in [2.75, 3.05) is 6.79 Å². The first-order chi connectivity index (χ1) is 10.1. The van der Waals surface area contributed by atoms with E-state index in [2.05, 4.69) is 0 Å². The Bertz CT molecular complexity index is 663. The second kappa shape index (κ2) is 5.36. The minimum absolute atomic E-state index is 0.249. The van der Waals surface area contributed by atoms with Gasteiger partial charge in [0, 0.05) is 0 Å². The maximum atomic E-state index is 10.7. The number of hydrogen-bond donors (Lipinski definition) is 1. The first-order valence-corrected chi connectivity index (χ1v) is 6.53. The number of aliphatic carboxylic acids is 1. The Labute approximate surface area is 121 Å². The molecule has 1 N–H and O–H groups in total. The third-order valence-corrected chi connectivity index (χ3v) is 3.22. The first kappa shape index (κ1) is 13.3. The van der Waals surface area contributed by atoms with Crippen molar-refractivity contribution in [3.05, 3.63) is 42.5 Å². The zero-order valence-corrected chi connectivity index (χ0v) is 11.4. The van der Waals surface area contributed by atoms with Gasteiger partial charge in [-0.15, -0.1) is 0 Å². The second-order valence-electron chi connectivity index (χ2n) is 4.69. The summed E-state index contributed by atoms with van der Waals surface area (Å²) in [7, 11) is 0. The topological polar surface area (TPSA) is 65.0 Å². The van der Waals surface area contributed by atoms with E-state index in [9.17, 15) is 4.79 Å². The molecule has 1 atom stereocenters. The summed E-state index contributed by atoms with van der Waals surface area (Å²) in [6, 6.07) is 13.0. The van der Waals surface area contributed by atoms with Crippen LogP contribution in [0.1, 0.15) is 6.92 Å². The Balaban J connectivity index is 1.79. The summed E-state index contributed by atoms with van der Waals surface area (Å²) in [6.45, 7) is 1.74. The zero-order valence-electron chi connectivity index (χ0n) is 11.4. The largest absolute Gasteiger partial charge is 0.479 e. The molecular formula is C16H14O5. The summed E-state index contributed by atoms with van der Waals surface area (Å²) in [5.41, 5.74) is 1.99. The van der Waals surface area contributed by atoms with Crippen LogP contribution in [0.3, 0.4) is 0 Å². The lowest BCUT2D eigenvalue weighted by Crippen LogP contribution is -2.22. The van der Waals surface area contributed by atoms with Crippen molar-refractivity contribution in [2.24, 2.45) is 0 Å². The fourth-order valence-electron chi connectivity index (χ4n) is 2.06. The third-order valence-electron chi connectivity index (χ3n) is 3.22. The number of carboxylic acid groups (broad SMARTS) is 1. The maximum absolute atomic E-state index is 10.7. The van der Waals surface area contributed by atoms with Crippen LogP contribution in [0.15, 0.2) is 42.5 Å². The highest BCUT2D eigenvalue weighted by Gasteiger charge is 2.14. The summed E-state index contributed by atoms with van der Waals surface area (Å²) in [5, 5.41) is 8.81.